The highest BCUT2D eigenvalue weighted by Crippen LogP contribution is 2.32. The zero-order valence-corrected chi connectivity index (χ0v) is 15.3. The molecule has 0 saturated carbocycles. The summed E-state index contributed by atoms with van der Waals surface area (Å²) < 4.78 is 16.7. The van der Waals surface area contributed by atoms with Crippen LogP contribution >= 0.6 is 11.3 Å². The van der Waals surface area contributed by atoms with Gasteiger partial charge in [-0.1, -0.05) is 12.1 Å². The van der Waals surface area contributed by atoms with Crippen LogP contribution in [0.1, 0.15) is 28.2 Å². The number of ketones is 1. The van der Waals surface area contributed by atoms with Crippen LogP contribution in [0.25, 0.3) is 10.2 Å². The molecule has 0 aliphatic carbocycles. The minimum atomic E-state index is -0.384. The SMILES string of the molecule is O=C(CCCc1nc2ccccc2s1)OCC(=O)c1ccc2c(c1)OCO2. The number of aromatic nitrogens is 1. The first-order valence-electron chi connectivity index (χ1n) is 8.62. The highest BCUT2D eigenvalue weighted by atomic mass is 32.1. The van der Waals surface area contributed by atoms with Gasteiger partial charge in [-0.25, -0.2) is 4.98 Å². The van der Waals surface area contributed by atoms with E-state index in [1.165, 1.54) is 0 Å². The predicted octanol–water partition coefficient (Wildman–Crippen LogP) is 3.77. The van der Waals surface area contributed by atoms with Crippen molar-refractivity contribution in [1.82, 2.24) is 4.98 Å². The molecule has 0 atom stereocenters. The molecular formula is C20H17NO5S. The maximum atomic E-state index is 12.2. The summed E-state index contributed by atoms with van der Waals surface area (Å²) in [5.74, 6) is 0.486. The zero-order chi connectivity index (χ0) is 18.6. The Morgan fingerprint density at radius 2 is 1.96 bits per heavy atom. The number of thiazole rings is 1. The third-order valence-corrected chi connectivity index (χ3v) is 5.26. The van der Waals surface area contributed by atoms with Gasteiger partial charge in [0.05, 0.1) is 15.2 Å². The van der Waals surface area contributed by atoms with E-state index in [1.807, 2.05) is 24.3 Å². The zero-order valence-electron chi connectivity index (χ0n) is 14.5. The maximum absolute atomic E-state index is 12.2. The number of fused-ring (bicyclic) bond motifs is 2. The minimum absolute atomic E-state index is 0.149. The Kier molecular flexibility index (Phi) is 5.02. The molecule has 3 aromatic rings. The second-order valence-corrected chi connectivity index (χ2v) is 7.20. The number of hydrogen-bond acceptors (Lipinski definition) is 7. The van der Waals surface area contributed by atoms with Crippen LogP contribution in [0, 0.1) is 0 Å². The number of rotatable bonds is 7. The molecule has 0 radical (unpaired) electrons. The van der Waals surface area contributed by atoms with Crippen molar-refractivity contribution in [3.63, 3.8) is 0 Å². The number of esters is 1. The second kappa shape index (κ2) is 7.75. The molecular weight excluding hydrogens is 366 g/mol. The molecule has 2 aromatic carbocycles. The van der Waals surface area contributed by atoms with Gasteiger partial charge in [-0.15, -0.1) is 11.3 Å². The van der Waals surface area contributed by atoms with E-state index in [9.17, 15) is 9.59 Å². The summed E-state index contributed by atoms with van der Waals surface area (Å²) in [6.07, 6.45) is 1.60. The average molecular weight is 383 g/mol. The maximum Gasteiger partial charge on any atom is 0.306 e. The van der Waals surface area contributed by atoms with Crippen molar-refractivity contribution in [2.24, 2.45) is 0 Å². The van der Waals surface area contributed by atoms with E-state index in [2.05, 4.69) is 4.98 Å². The van der Waals surface area contributed by atoms with Gasteiger partial charge in [0, 0.05) is 12.0 Å². The van der Waals surface area contributed by atoms with E-state index in [-0.39, 0.29) is 31.6 Å². The van der Waals surface area contributed by atoms with Gasteiger partial charge in [0.2, 0.25) is 6.79 Å². The molecule has 138 valence electrons. The molecule has 0 fully saturated rings. The van der Waals surface area contributed by atoms with Gasteiger partial charge in [-0.05, 0) is 43.2 Å². The molecule has 0 spiro atoms. The van der Waals surface area contributed by atoms with Gasteiger partial charge < -0.3 is 14.2 Å². The summed E-state index contributed by atoms with van der Waals surface area (Å²) in [6.45, 7) is -0.129. The quantitative estimate of drug-likeness (QED) is 0.457. The van der Waals surface area contributed by atoms with E-state index in [1.54, 1.807) is 29.5 Å². The Morgan fingerprint density at radius 1 is 1.11 bits per heavy atom. The van der Waals surface area contributed by atoms with Gasteiger partial charge in [-0.3, -0.25) is 9.59 Å². The number of aryl methyl sites for hydroxylation is 1. The van der Waals surface area contributed by atoms with Crippen molar-refractivity contribution in [2.75, 3.05) is 13.4 Å². The summed E-state index contributed by atoms with van der Waals surface area (Å²) in [5.41, 5.74) is 1.41. The lowest BCUT2D eigenvalue weighted by atomic mass is 10.1. The van der Waals surface area contributed by atoms with Gasteiger partial charge >= 0.3 is 5.97 Å². The molecule has 0 saturated heterocycles. The molecule has 1 aromatic heterocycles. The van der Waals surface area contributed by atoms with Crippen LogP contribution in [0.4, 0.5) is 0 Å². The fourth-order valence-corrected chi connectivity index (χ4v) is 3.79. The monoisotopic (exact) mass is 383 g/mol. The van der Waals surface area contributed by atoms with Crippen molar-refractivity contribution in [2.45, 2.75) is 19.3 Å². The molecule has 1 aliphatic rings. The van der Waals surface area contributed by atoms with Crippen molar-refractivity contribution < 1.29 is 23.8 Å². The Balaban J connectivity index is 1.23. The lowest BCUT2D eigenvalue weighted by Crippen LogP contribution is -2.14. The number of Topliss-reactive ketones (excluding diaryl/α,β-unsaturated/α-hetero) is 1. The van der Waals surface area contributed by atoms with Gasteiger partial charge in [-0.2, -0.15) is 0 Å². The number of nitrogens with zero attached hydrogens (tertiary/aromatic N) is 1. The van der Waals surface area contributed by atoms with E-state index >= 15 is 0 Å². The number of carbonyl (C=O) groups is 2. The van der Waals surface area contributed by atoms with Crippen LogP contribution in [0.2, 0.25) is 0 Å². The molecule has 0 amide bonds. The van der Waals surface area contributed by atoms with E-state index in [0.29, 0.717) is 29.9 Å². The highest BCUT2D eigenvalue weighted by Gasteiger charge is 2.17. The lowest BCUT2D eigenvalue weighted by molar-refractivity contribution is -0.142. The van der Waals surface area contributed by atoms with Gasteiger partial charge in [0.1, 0.15) is 0 Å². The van der Waals surface area contributed by atoms with Crippen molar-refractivity contribution in [3.05, 3.63) is 53.0 Å². The second-order valence-electron chi connectivity index (χ2n) is 6.08. The van der Waals surface area contributed by atoms with Crippen molar-refractivity contribution in [1.29, 1.82) is 0 Å². The first-order valence-corrected chi connectivity index (χ1v) is 9.43. The fraction of sp³-hybridized carbons (Fsp3) is 0.250. The highest BCUT2D eigenvalue weighted by molar-refractivity contribution is 7.18. The smallest absolute Gasteiger partial charge is 0.306 e. The van der Waals surface area contributed by atoms with Crippen molar-refractivity contribution in [3.8, 4) is 11.5 Å². The topological polar surface area (TPSA) is 74.7 Å². The van der Waals surface area contributed by atoms with Crippen molar-refractivity contribution >= 4 is 33.3 Å². The summed E-state index contributed by atoms with van der Waals surface area (Å²) in [6, 6.07) is 12.9. The van der Waals surface area contributed by atoms with Crippen LogP contribution in [0.15, 0.2) is 42.5 Å². The van der Waals surface area contributed by atoms with E-state index in [0.717, 1.165) is 15.2 Å². The van der Waals surface area contributed by atoms with E-state index < -0.39 is 0 Å². The third kappa shape index (κ3) is 4.09. The molecule has 1 aliphatic heterocycles. The Hall–Kier alpha value is -2.93. The average Bonchev–Trinajstić information content (AvgIpc) is 3.31. The molecule has 2 heterocycles. The molecule has 4 rings (SSSR count). The van der Waals surface area contributed by atoms with Gasteiger partial charge in [0.15, 0.2) is 23.9 Å². The normalized spacial score (nSPS) is 12.3. The molecule has 7 heteroatoms. The number of benzene rings is 2. The third-order valence-electron chi connectivity index (χ3n) is 4.17. The summed E-state index contributed by atoms with van der Waals surface area (Å²) in [5, 5.41) is 1.00. The minimum Gasteiger partial charge on any atom is -0.457 e. The van der Waals surface area contributed by atoms with Crippen LogP contribution in [0.3, 0.4) is 0 Å². The number of ether oxygens (including phenoxy) is 3. The number of para-hydroxylation sites is 1. The first-order chi connectivity index (χ1) is 13.2. The number of carbonyl (C=O) groups excluding carboxylic acids is 2. The molecule has 0 N–H and O–H groups in total. The van der Waals surface area contributed by atoms with Crippen LogP contribution in [-0.2, 0) is 16.0 Å². The number of hydrogen-bond donors (Lipinski definition) is 0. The Labute approximate surface area is 159 Å². The largest absolute Gasteiger partial charge is 0.457 e. The molecule has 6 nitrogen and oxygen atoms in total. The Morgan fingerprint density at radius 3 is 2.85 bits per heavy atom. The van der Waals surface area contributed by atoms with E-state index in [4.69, 9.17) is 14.2 Å². The predicted molar refractivity (Wildman–Crippen MR) is 100 cm³/mol. The fourth-order valence-electron chi connectivity index (χ4n) is 2.78. The molecule has 0 unspecified atom stereocenters. The van der Waals surface area contributed by atoms with Crippen LogP contribution < -0.4 is 9.47 Å². The molecule has 27 heavy (non-hydrogen) atoms. The summed E-state index contributed by atoms with van der Waals surface area (Å²) >= 11 is 1.63. The van der Waals surface area contributed by atoms with Crippen LogP contribution in [-0.4, -0.2) is 30.1 Å². The lowest BCUT2D eigenvalue weighted by Gasteiger charge is -2.05. The summed E-state index contributed by atoms with van der Waals surface area (Å²) in [4.78, 5) is 28.6. The standard InChI is InChI=1S/C20H17NO5S/c22-15(13-8-9-16-17(10-13)26-12-25-16)11-24-20(23)7-3-6-19-21-14-4-1-2-5-18(14)27-19/h1-2,4-5,8-10H,3,6-7,11-12H2. The summed E-state index contributed by atoms with van der Waals surface area (Å²) in [7, 11) is 0. The van der Waals surface area contributed by atoms with Gasteiger partial charge in [0.25, 0.3) is 0 Å². The van der Waals surface area contributed by atoms with Crippen LogP contribution in [0.5, 0.6) is 11.5 Å². The molecule has 0 bridgehead atoms. The Bertz CT molecular complexity index is 964. The first kappa shape index (κ1) is 17.5.